The van der Waals surface area contributed by atoms with Gasteiger partial charge in [-0.25, -0.2) is 0 Å². The summed E-state index contributed by atoms with van der Waals surface area (Å²) < 4.78 is 5.57. The highest BCUT2D eigenvalue weighted by molar-refractivity contribution is 5.53. The van der Waals surface area contributed by atoms with E-state index in [0.717, 1.165) is 32.1 Å². The van der Waals surface area contributed by atoms with Gasteiger partial charge in [-0.3, -0.25) is 4.79 Å². The maximum absolute atomic E-state index is 11.2. The van der Waals surface area contributed by atoms with Gasteiger partial charge in [-0.2, -0.15) is 0 Å². The lowest BCUT2D eigenvalue weighted by molar-refractivity contribution is -0.167. The third kappa shape index (κ3) is 1.34. The Kier molecular flexibility index (Phi) is 2.24. The van der Waals surface area contributed by atoms with Crippen molar-refractivity contribution in [1.29, 1.82) is 0 Å². The molecule has 2 bridgehead atoms. The van der Waals surface area contributed by atoms with E-state index in [4.69, 9.17) is 4.42 Å². The maximum Gasteiger partial charge on any atom is 0.242 e. The summed E-state index contributed by atoms with van der Waals surface area (Å²) in [5.74, 6) is 1.86. The van der Waals surface area contributed by atoms with Gasteiger partial charge in [0.15, 0.2) is 0 Å². The first-order chi connectivity index (χ1) is 8.19. The van der Waals surface area contributed by atoms with Crippen LogP contribution in [0, 0.1) is 12.8 Å². The lowest BCUT2D eigenvalue weighted by Crippen LogP contribution is -2.67. The summed E-state index contributed by atoms with van der Waals surface area (Å²) in [4.78, 5) is 13.1. The molecule has 2 aliphatic heterocycles. The Morgan fingerprint density at radius 2 is 2.35 bits per heavy atom. The summed E-state index contributed by atoms with van der Waals surface area (Å²) in [6.07, 6.45) is 5.14. The van der Waals surface area contributed by atoms with Gasteiger partial charge in [0.2, 0.25) is 18.2 Å². The van der Waals surface area contributed by atoms with Crippen molar-refractivity contribution in [1.82, 2.24) is 15.1 Å². The fourth-order valence-corrected chi connectivity index (χ4v) is 3.43. The number of rotatable bonds is 3. The molecule has 0 N–H and O–H groups in total. The summed E-state index contributed by atoms with van der Waals surface area (Å²) in [5.41, 5.74) is -0.299. The van der Waals surface area contributed by atoms with Crippen LogP contribution in [-0.4, -0.2) is 27.5 Å². The van der Waals surface area contributed by atoms with Crippen molar-refractivity contribution in [2.75, 3.05) is 0 Å². The average Bonchev–Trinajstić information content (AvgIpc) is 2.76. The number of carbonyl (C=O) groups is 1. The average molecular weight is 235 g/mol. The molecule has 0 radical (unpaired) electrons. The van der Waals surface area contributed by atoms with Gasteiger partial charge in [-0.1, -0.05) is 13.3 Å². The monoisotopic (exact) mass is 235 g/mol. The van der Waals surface area contributed by atoms with Crippen LogP contribution in [0.1, 0.15) is 44.4 Å². The molecule has 92 valence electrons. The van der Waals surface area contributed by atoms with Gasteiger partial charge in [0, 0.05) is 19.4 Å². The number of nitrogens with zero attached hydrogens (tertiary/aromatic N) is 3. The largest absolute Gasteiger partial charge is 0.423 e. The van der Waals surface area contributed by atoms with E-state index in [9.17, 15) is 4.79 Å². The Balaban J connectivity index is 1.95. The Morgan fingerprint density at radius 3 is 2.94 bits per heavy atom. The minimum atomic E-state index is -0.299. The molecule has 1 saturated carbocycles. The second-order valence-electron chi connectivity index (χ2n) is 5.24. The van der Waals surface area contributed by atoms with Crippen LogP contribution >= 0.6 is 0 Å². The Labute approximate surface area is 100 Å². The van der Waals surface area contributed by atoms with Crippen molar-refractivity contribution in [2.24, 2.45) is 5.92 Å². The number of amides is 1. The van der Waals surface area contributed by atoms with E-state index in [1.807, 2.05) is 4.90 Å². The molecule has 3 aliphatic rings. The van der Waals surface area contributed by atoms with Crippen LogP contribution in [0.25, 0.3) is 0 Å². The molecular weight excluding hydrogens is 218 g/mol. The summed E-state index contributed by atoms with van der Waals surface area (Å²) in [6.45, 7) is 3.99. The number of fused-ring (bicyclic) bond motifs is 2. The molecule has 3 heterocycles. The number of carbonyl (C=O) groups excluding carboxylic acids is 1. The molecule has 0 aromatic carbocycles. The van der Waals surface area contributed by atoms with Gasteiger partial charge in [0.05, 0.1) is 0 Å². The van der Waals surface area contributed by atoms with Crippen LogP contribution in [0.2, 0.25) is 0 Å². The van der Waals surface area contributed by atoms with Gasteiger partial charge in [0.1, 0.15) is 5.54 Å². The summed E-state index contributed by atoms with van der Waals surface area (Å²) in [7, 11) is 0. The number of hydrogen-bond acceptors (Lipinski definition) is 4. The molecule has 5 nitrogen and oxygen atoms in total. The highest BCUT2D eigenvalue weighted by Crippen LogP contribution is 2.55. The van der Waals surface area contributed by atoms with Gasteiger partial charge in [-0.15, -0.1) is 10.2 Å². The third-order valence-corrected chi connectivity index (χ3v) is 4.31. The first-order valence-electron chi connectivity index (χ1n) is 6.24. The normalized spacial score (nSPS) is 35.5. The van der Waals surface area contributed by atoms with Crippen LogP contribution in [-0.2, 0) is 10.3 Å². The maximum atomic E-state index is 11.2. The molecule has 3 atom stereocenters. The van der Waals surface area contributed by atoms with Crippen molar-refractivity contribution >= 4 is 6.41 Å². The minimum absolute atomic E-state index is 0.299. The molecule has 1 amide bonds. The zero-order chi connectivity index (χ0) is 12.0. The second-order valence-corrected chi connectivity index (χ2v) is 5.24. The van der Waals surface area contributed by atoms with Crippen LogP contribution < -0.4 is 0 Å². The van der Waals surface area contributed by atoms with Crippen molar-refractivity contribution in [3.05, 3.63) is 11.8 Å². The molecular formula is C12H17N3O2. The number of hydrogen-bond donors (Lipinski definition) is 0. The van der Waals surface area contributed by atoms with Crippen LogP contribution in [0.15, 0.2) is 4.42 Å². The number of piperidine rings is 1. The molecule has 17 heavy (non-hydrogen) atoms. The molecule has 3 fully saturated rings. The highest BCUT2D eigenvalue weighted by atomic mass is 16.4. The smallest absolute Gasteiger partial charge is 0.242 e. The van der Waals surface area contributed by atoms with Gasteiger partial charge < -0.3 is 9.32 Å². The lowest BCUT2D eigenvalue weighted by Gasteiger charge is -2.60. The summed E-state index contributed by atoms with van der Waals surface area (Å²) in [5, 5.41) is 8.02. The van der Waals surface area contributed by atoms with Gasteiger partial charge in [-0.05, 0) is 18.8 Å². The Bertz CT molecular complexity index is 445. The van der Waals surface area contributed by atoms with E-state index in [1.165, 1.54) is 0 Å². The zero-order valence-corrected chi connectivity index (χ0v) is 10.2. The second kappa shape index (κ2) is 3.55. The first kappa shape index (κ1) is 10.7. The third-order valence-electron chi connectivity index (χ3n) is 4.31. The van der Waals surface area contributed by atoms with Crippen molar-refractivity contribution in [2.45, 2.75) is 51.1 Å². The topological polar surface area (TPSA) is 59.2 Å². The molecule has 1 aromatic heterocycles. The van der Waals surface area contributed by atoms with Crippen LogP contribution in [0.4, 0.5) is 0 Å². The van der Waals surface area contributed by atoms with E-state index in [-0.39, 0.29) is 5.54 Å². The van der Waals surface area contributed by atoms with Crippen LogP contribution in [0.3, 0.4) is 0 Å². The number of aryl methyl sites for hydroxylation is 1. The molecule has 4 rings (SSSR count). The summed E-state index contributed by atoms with van der Waals surface area (Å²) >= 11 is 0. The SMILES string of the molecule is CCC1CC2CC(c3nnc(C)o3)(C1)N2C=O. The minimum Gasteiger partial charge on any atom is -0.423 e. The molecule has 1 aliphatic carbocycles. The van der Waals surface area contributed by atoms with Crippen molar-refractivity contribution in [3.63, 3.8) is 0 Å². The van der Waals surface area contributed by atoms with E-state index in [2.05, 4.69) is 17.1 Å². The van der Waals surface area contributed by atoms with E-state index >= 15 is 0 Å². The molecule has 2 saturated heterocycles. The fourth-order valence-electron chi connectivity index (χ4n) is 3.43. The lowest BCUT2D eigenvalue weighted by atomic mass is 9.63. The fraction of sp³-hybridized carbons (Fsp3) is 0.750. The van der Waals surface area contributed by atoms with Gasteiger partial charge in [0.25, 0.3) is 0 Å². The van der Waals surface area contributed by atoms with E-state index in [1.54, 1.807) is 6.92 Å². The number of aromatic nitrogens is 2. The van der Waals surface area contributed by atoms with E-state index in [0.29, 0.717) is 23.7 Å². The highest BCUT2D eigenvalue weighted by Gasteiger charge is 2.60. The zero-order valence-electron chi connectivity index (χ0n) is 10.2. The predicted octanol–water partition coefficient (Wildman–Crippen LogP) is 1.62. The molecule has 1 aromatic rings. The molecule has 0 spiro atoms. The Morgan fingerprint density at radius 1 is 1.53 bits per heavy atom. The predicted molar refractivity (Wildman–Crippen MR) is 60.0 cm³/mol. The molecule has 3 unspecified atom stereocenters. The quantitative estimate of drug-likeness (QED) is 0.747. The van der Waals surface area contributed by atoms with Crippen LogP contribution in [0.5, 0.6) is 0 Å². The van der Waals surface area contributed by atoms with E-state index < -0.39 is 0 Å². The van der Waals surface area contributed by atoms with Crippen molar-refractivity contribution in [3.8, 4) is 0 Å². The standard InChI is InChI=1S/C12H17N3O2/c1-3-9-4-10-6-12(5-9,15(10)7-16)11-14-13-8(2)17-11/h7,9-10H,3-6H2,1-2H3. The first-order valence-corrected chi connectivity index (χ1v) is 6.24. The molecule has 5 heteroatoms. The van der Waals surface area contributed by atoms with Gasteiger partial charge >= 0.3 is 0 Å². The Hall–Kier alpha value is -1.39. The van der Waals surface area contributed by atoms with Crippen molar-refractivity contribution < 1.29 is 9.21 Å². The summed E-state index contributed by atoms with van der Waals surface area (Å²) in [6, 6.07) is 0.374.